The highest BCUT2D eigenvalue weighted by Gasteiger charge is 2.00. The Bertz CT molecular complexity index is 237. The van der Waals surface area contributed by atoms with Crippen molar-refractivity contribution in [2.75, 3.05) is 0 Å². The van der Waals surface area contributed by atoms with Crippen LogP contribution in [-0.2, 0) is 0 Å². The van der Waals surface area contributed by atoms with Crippen LogP contribution in [0.4, 0.5) is 0 Å². The lowest BCUT2D eigenvalue weighted by atomic mass is 10.2. The minimum absolute atomic E-state index is 0.324. The number of phenols is 1. The fraction of sp³-hybridized carbons (Fsp3) is 0.143. The van der Waals surface area contributed by atoms with Crippen LogP contribution in [0.2, 0.25) is 0 Å². The van der Waals surface area contributed by atoms with Gasteiger partial charge in [0.1, 0.15) is 5.75 Å². The van der Waals surface area contributed by atoms with E-state index in [1.54, 1.807) is 12.1 Å². The molecule has 1 N–H and O–H groups in total. The lowest BCUT2D eigenvalue weighted by Crippen LogP contribution is -1.79. The molecule has 0 radical (unpaired) electrons. The number of aryl methyl sites for hydroxylation is 1. The molecule has 0 fully saturated rings. The molecule has 1 aromatic rings. The maximum atomic E-state index is 9.09. The van der Waals surface area contributed by atoms with Gasteiger partial charge in [0.2, 0.25) is 0 Å². The lowest BCUT2D eigenvalue weighted by Gasteiger charge is -2.00. The Kier molecular flexibility index (Phi) is 2.57. The van der Waals surface area contributed by atoms with Crippen molar-refractivity contribution >= 4 is 38.5 Å². The van der Waals surface area contributed by atoms with E-state index in [4.69, 9.17) is 5.11 Å². The third kappa shape index (κ3) is 1.63. The smallest absolute Gasteiger partial charge is 0.116 e. The van der Waals surface area contributed by atoms with Gasteiger partial charge < -0.3 is 5.11 Å². The van der Waals surface area contributed by atoms with Crippen molar-refractivity contribution in [2.45, 2.75) is 6.92 Å². The van der Waals surface area contributed by atoms with Crippen molar-refractivity contribution < 1.29 is 5.11 Å². The van der Waals surface area contributed by atoms with Crippen LogP contribution in [0.3, 0.4) is 0 Å². The van der Waals surface area contributed by atoms with Gasteiger partial charge in [-0.15, -0.1) is 0 Å². The largest absolute Gasteiger partial charge is 0.508 e. The molecule has 0 spiro atoms. The van der Waals surface area contributed by atoms with Gasteiger partial charge in [-0.05, 0) is 63.1 Å². The second-order valence-electron chi connectivity index (χ2n) is 2.06. The highest BCUT2D eigenvalue weighted by molar-refractivity contribution is 14.1. The van der Waals surface area contributed by atoms with Gasteiger partial charge in [0.05, 0.1) is 0 Å². The van der Waals surface area contributed by atoms with Crippen LogP contribution in [0.15, 0.2) is 16.6 Å². The molecule has 1 rings (SSSR count). The van der Waals surface area contributed by atoms with Crippen molar-refractivity contribution in [3.05, 3.63) is 25.7 Å². The van der Waals surface area contributed by atoms with E-state index in [2.05, 4.69) is 38.5 Å². The second-order valence-corrected chi connectivity index (χ2v) is 4.01. The Morgan fingerprint density at radius 1 is 1.50 bits per heavy atom. The molecule has 1 nitrogen and oxygen atoms in total. The zero-order valence-electron chi connectivity index (χ0n) is 5.36. The number of hydrogen-bond acceptors (Lipinski definition) is 1. The van der Waals surface area contributed by atoms with Crippen LogP contribution in [-0.4, -0.2) is 5.11 Å². The SMILES string of the molecule is Cc1cc(O)cc(I)c1Br. The molecule has 0 saturated heterocycles. The molecule has 1 aromatic carbocycles. The molecule has 3 heteroatoms. The quantitative estimate of drug-likeness (QED) is 0.730. The fourth-order valence-corrected chi connectivity index (χ4v) is 1.68. The van der Waals surface area contributed by atoms with Crippen molar-refractivity contribution in [3.8, 4) is 5.75 Å². The third-order valence-corrected chi connectivity index (χ3v) is 3.84. The number of hydrogen-bond donors (Lipinski definition) is 1. The molecule has 0 aliphatic heterocycles. The van der Waals surface area contributed by atoms with E-state index in [1.165, 1.54) is 0 Å². The average molecular weight is 313 g/mol. The highest BCUT2D eigenvalue weighted by atomic mass is 127. The normalized spacial score (nSPS) is 9.90. The molecule has 0 aliphatic rings. The Morgan fingerprint density at radius 3 is 2.60 bits per heavy atom. The van der Waals surface area contributed by atoms with Crippen LogP contribution in [0.5, 0.6) is 5.75 Å². The van der Waals surface area contributed by atoms with Gasteiger partial charge in [0, 0.05) is 8.04 Å². The van der Waals surface area contributed by atoms with Crippen molar-refractivity contribution in [1.29, 1.82) is 0 Å². The van der Waals surface area contributed by atoms with E-state index in [-0.39, 0.29) is 0 Å². The van der Waals surface area contributed by atoms with Gasteiger partial charge in [-0.1, -0.05) is 0 Å². The fourth-order valence-electron chi connectivity index (χ4n) is 0.708. The van der Waals surface area contributed by atoms with Crippen LogP contribution in [0.1, 0.15) is 5.56 Å². The van der Waals surface area contributed by atoms with Crippen LogP contribution in [0, 0.1) is 10.5 Å². The highest BCUT2D eigenvalue weighted by Crippen LogP contribution is 2.27. The summed E-state index contributed by atoms with van der Waals surface area (Å²) < 4.78 is 2.10. The molecule has 0 atom stereocenters. The van der Waals surface area contributed by atoms with Crippen molar-refractivity contribution in [3.63, 3.8) is 0 Å². The molecular formula is C7H6BrIO. The first kappa shape index (κ1) is 8.33. The topological polar surface area (TPSA) is 20.2 Å². The Balaban J connectivity index is 3.31. The molecular weight excluding hydrogens is 307 g/mol. The number of benzene rings is 1. The predicted octanol–water partition coefficient (Wildman–Crippen LogP) is 3.07. The summed E-state index contributed by atoms with van der Waals surface area (Å²) in [4.78, 5) is 0. The van der Waals surface area contributed by atoms with Crippen LogP contribution < -0.4 is 0 Å². The summed E-state index contributed by atoms with van der Waals surface area (Å²) in [5, 5.41) is 9.09. The first-order valence-corrected chi connectivity index (χ1v) is 4.63. The summed E-state index contributed by atoms with van der Waals surface area (Å²) >= 11 is 5.56. The van der Waals surface area contributed by atoms with Crippen LogP contribution in [0.25, 0.3) is 0 Å². The Labute approximate surface area is 81.7 Å². The summed E-state index contributed by atoms with van der Waals surface area (Å²) in [7, 11) is 0. The number of phenolic OH excluding ortho intramolecular Hbond substituents is 1. The molecule has 0 amide bonds. The summed E-state index contributed by atoms with van der Waals surface area (Å²) in [6, 6.07) is 3.45. The predicted molar refractivity (Wildman–Crippen MR) is 53.3 cm³/mol. The molecule has 0 saturated carbocycles. The maximum absolute atomic E-state index is 9.09. The summed E-state index contributed by atoms with van der Waals surface area (Å²) in [5.74, 6) is 0.324. The van der Waals surface area contributed by atoms with E-state index in [9.17, 15) is 0 Å². The molecule has 0 unspecified atom stereocenters. The second kappa shape index (κ2) is 3.09. The third-order valence-electron chi connectivity index (χ3n) is 1.19. The zero-order valence-corrected chi connectivity index (χ0v) is 9.10. The molecule has 54 valence electrons. The van der Waals surface area contributed by atoms with Gasteiger partial charge in [-0.3, -0.25) is 0 Å². The summed E-state index contributed by atoms with van der Waals surface area (Å²) in [6.45, 7) is 1.95. The maximum Gasteiger partial charge on any atom is 0.116 e. The van der Waals surface area contributed by atoms with E-state index >= 15 is 0 Å². The van der Waals surface area contributed by atoms with E-state index < -0.39 is 0 Å². The minimum Gasteiger partial charge on any atom is -0.508 e. The van der Waals surface area contributed by atoms with Gasteiger partial charge in [0.25, 0.3) is 0 Å². The van der Waals surface area contributed by atoms with E-state index in [1.807, 2.05) is 6.92 Å². The first-order valence-electron chi connectivity index (χ1n) is 2.76. The lowest BCUT2D eigenvalue weighted by molar-refractivity contribution is 0.474. The van der Waals surface area contributed by atoms with Gasteiger partial charge in [-0.25, -0.2) is 0 Å². The van der Waals surface area contributed by atoms with Gasteiger partial charge >= 0.3 is 0 Å². The van der Waals surface area contributed by atoms with Gasteiger partial charge in [0.15, 0.2) is 0 Å². The summed E-state index contributed by atoms with van der Waals surface area (Å²) in [6.07, 6.45) is 0. The number of aromatic hydroxyl groups is 1. The molecule has 0 heterocycles. The van der Waals surface area contributed by atoms with Gasteiger partial charge in [-0.2, -0.15) is 0 Å². The van der Waals surface area contributed by atoms with Crippen molar-refractivity contribution in [2.24, 2.45) is 0 Å². The number of halogens is 2. The molecule has 0 aliphatic carbocycles. The minimum atomic E-state index is 0.324. The first-order chi connectivity index (χ1) is 4.61. The Hall–Kier alpha value is 0.230. The average Bonchev–Trinajstić information content (AvgIpc) is 1.82. The molecule has 10 heavy (non-hydrogen) atoms. The monoisotopic (exact) mass is 312 g/mol. The summed E-state index contributed by atoms with van der Waals surface area (Å²) in [5.41, 5.74) is 1.06. The van der Waals surface area contributed by atoms with Crippen molar-refractivity contribution in [1.82, 2.24) is 0 Å². The number of rotatable bonds is 0. The van der Waals surface area contributed by atoms with E-state index in [0.717, 1.165) is 13.6 Å². The zero-order chi connectivity index (χ0) is 7.72. The van der Waals surface area contributed by atoms with Crippen LogP contribution >= 0.6 is 38.5 Å². The standard InChI is InChI=1S/C7H6BrIO/c1-4-2-5(10)3-6(9)7(4)8/h2-3,10H,1H3. The Morgan fingerprint density at radius 2 is 2.10 bits per heavy atom. The molecule has 0 bridgehead atoms. The van der Waals surface area contributed by atoms with E-state index in [0.29, 0.717) is 5.75 Å². The molecule has 0 aromatic heterocycles.